The van der Waals surface area contributed by atoms with Crippen LogP contribution in [0.5, 0.6) is 0 Å². The topological polar surface area (TPSA) is 72.0 Å². The van der Waals surface area contributed by atoms with Crippen molar-refractivity contribution in [3.63, 3.8) is 0 Å². The highest BCUT2D eigenvalue weighted by molar-refractivity contribution is 5.38. The van der Waals surface area contributed by atoms with Crippen LogP contribution in [0.1, 0.15) is 31.1 Å². The van der Waals surface area contributed by atoms with Crippen LogP contribution in [0.25, 0.3) is 5.69 Å². The van der Waals surface area contributed by atoms with Crippen molar-refractivity contribution in [1.82, 2.24) is 25.1 Å². The van der Waals surface area contributed by atoms with E-state index in [0.717, 1.165) is 24.5 Å². The number of tetrazole rings is 1. The minimum Gasteiger partial charge on any atom is -0.468 e. The van der Waals surface area contributed by atoms with Gasteiger partial charge in [-0.2, -0.15) is 4.68 Å². The van der Waals surface area contributed by atoms with Gasteiger partial charge >= 0.3 is 0 Å². The van der Waals surface area contributed by atoms with Crippen LogP contribution in [-0.2, 0) is 0 Å². The number of rotatable bonds is 6. The van der Waals surface area contributed by atoms with Gasteiger partial charge in [-0.3, -0.25) is 4.90 Å². The largest absolute Gasteiger partial charge is 0.468 e. The number of para-hydroxylation sites is 1. The first-order valence-corrected chi connectivity index (χ1v) is 8.77. The summed E-state index contributed by atoms with van der Waals surface area (Å²) in [5.74, 6) is 1.62. The van der Waals surface area contributed by atoms with Gasteiger partial charge in [-0.25, -0.2) is 0 Å². The SMILES string of the molecule is c1ccc(-n2nnnc2NCC(c2ccco2)N2CCCCC2)cc1. The quantitative estimate of drug-likeness (QED) is 0.745. The van der Waals surface area contributed by atoms with Crippen molar-refractivity contribution in [2.45, 2.75) is 25.3 Å². The summed E-state index contributed by atoms with van der Waals surface area (Å²) in [5.41, 5.74) is 0.933. The van der Waals surface area contributed by atoms with Crippen molar-refractivity contribution in [3.05, 3.63) is 54.5 Å². The summed E-state index contributed by atoms with van der Waals surface area (Å²) in [6.07, 6.45) is 5.51. The zero-order chi connectivity index (χ0) is 16.9. The lowest BCUT2D eigenvalue weighted by Crippen LogP contribution is -2.37. The first kappa shape index (κ1) is 15.8. The van der Waals surface area contributed by atoms with Crippen LogP contribution in [0.2, 0.25) is 0 Å². The van der Waals surface area contributed by atoms with Gasteiger partial charge < -0.3 is 9.73 Å². The number of anilines is 1. The molecule has 1 saturated heterocycles. The van der Waals surface area contributed by atoms with E-state index in [0.29, 0.717) is 12.5 Å². The third kappa shape index (κ3) is 3.56. The molecule has 4 rings (SSSR count). The first-order valence-electron chi connectivity index (χ1n) is 8.77. The lowest BCUT2D eigenvalue weighted by Gasteiger charge is -2.33. The first-order chi connectivity index (χ1) is 12.4. The molecular weight excluding hydrogens is 316 g/mol. The molecule has 1 aliphatic rings. The molecule has 0 radical (unpaired) electrons. The molecule has 3 aromatic rings. The number of likely N-dealkylation sites (tertiary alicyclic amines) is 1. The summed E-state index contributed by atoms with van der Waals surface area (Å²) in [6.45, 7) is 2.88. The highest BCUT2D eigenvalue weighted by atomic mass is 16.3. The average Bonchev–Trinajstić information content (AvgIpc) is 3.36. The van der Waals surface area contributed by atoms with Crippen LogP contribution < -0.4 is 5.32 Å². The van der Waals surface area contributed by atoms with Crippen molar-refractivity contribution in [2.24, 2.45) is 0 Å². The normalized spacial score (nSPS) is 16.6. The van der Waals surface area contributed by atoms with Crippen LogP contribution in [0.3, 0.4) is 0 Å². The van der Waals surface area contributed by atoms with Gasteiger partial charge in [-0.05, 0) is 60.6 Å². The molecule has 25 heavy (non-hydrogen) atoms. The van der Waals surface area contributed by atoms with E-state index in [2.05, 4.69) is 25.7 Å². The number of nitrogens with one attached hydrogen (secondary N) is 1. The standard InChI is InChI=1S/C18H22N6O/c1-3-8-15(9-4-1)24-18(20-21-22-24)19-14-16(17-10-7-13-25-17)23-11-5-2-6-12-23/h1,3-4,7-10,13,16H,2,5-6,11-12,14H2,(H,19,20,22). The maximum Gasteiger partial charge on any atom is 0.247 e. The molecule has 3 heterocycles. The van der Waals surface area contributed by atoms with E-state index < -0.39 is 0 Å². The summed E-state index contributed by atoms with van der Waals surface area (Å²) in [7, 11) is 0. The van der Waals surface area contributed by atoms with Crippen LogP contribution in [0.15, 0.2) is 53.1 Å². The fraction of sp³-hybridized carbons (Fsp3) is 0.389. The summed E-state index contributed by atoms with van der Waals surface area (Å²) in [4.78, 5) is 2.48. The maximum absolute atomic E-state index is 5.69. The Bertz CT molecular complexity index is 764. The average molecular weight is 338 g/mol. The van der Waals surface area contributed by atoms with Gasteiger partial charge in [-0.1, -0.05) is 29.7 Å². The van der Waals surface area contributed by atoms with Gasteiger partial charge in [0.2, 0.25) is 5.95 Å². The molecule has 2 aromatic heterocycles. The number of benzene rings is 1. The van der Waals surface area contributed by atoms with Crippen LogP contribution >= 0.6 is 0 Å². The van der Waals surface area contributed by atoms with E-state index >= 15 is 0 Å². The summed E-state index contributed by atoms with van der Waals surface area (Å²) in [6, 6.07) is 14.1. The Morgan fingerprint density at radius 3 is 2.64 bits per heavy atom. The Balaban J connectivity index is 1.51. The molecule has 1 N–H and O–H groups in total. The predicted molar refractivity (Wildman–Crippen MR) is 94.5 cm³/mol. The van der Waals surface area contributed by atoms with Crippen LogP contribution in [-0.4, -0.2) is 44.7 Å². The second-order valence-corrected chi connectivity index (χ2v) is 6.26. The van der Waals surface area contributed by atoms with E-state index in [1.807, 2.05) is 42.5 Å². The van der Waals surface area contributed by atoms with Gasteiger partial charge in [0, 0.05) is 6.54 Å². The lowest BCUT2D eigenvalue weighted by molar-refractivity contribution is 0.152. The summed E-state index contributed by atoms with van der Waals surface area (Å²) < 4.78 is 7.41. The zero-order valence-electron chi connectivity index (χ0n) is 14.1. The maximum atomic E-state index is 5.69. The van der Waals surface area contributed by atoms with Gasteiger partial charge in [0.25, 0.3) is 0 Å². The van der Waals surface area contributed by atoms with Crippen molar-refractivity contribution in [1.29, 1.82) is 0 Å². The molecule has 0 saturated carbocycles. The zero-order valence-corrected chi connectivity index (χ0v) is 14.1. The predicted octanol–water partition coefficient (Wildman–Crippen LogP) is 2.89. The van der Waals surface area contributed by atoms with Crippen molar-refractivity contribution in [3.8, 4) is 5.69 Å². The smallest absolute Gasteiger partial charge is 0.247 e. The van der Waals surface area contributed by atoms with Gasteiger partial charge in [0.05, 0.1) is 18.0 Å². The highest BCUT2D eigenvalue weighted by Gasteiger charge is 2.25. The fourth-order valence-corrected chi connectivity index (χ4v) is 3.35. The minimum absolute atomic E-state index is 0.177. The Morgan fingerprint density at radius 2 is 1.88 bits per heavy atom. The second kappa shape index (κ2) is 7.48. The van der Waals surface area contributed by atoms with Crippen molar-refractivity contribution < 1.29 is 4.42 Å². The molecule has 0 spiro atoms. The molecule has 7 nitrogen and oxygen atoms in total. The Hall–Kier alpha value is -2.67. The Morgan fingerprint density at radius 1 is 1.04 bits per heavy atom. The van der Waals surface area contributed by atoms with E-state index in [-0.39, 0.29) is 6.04 Å². The van der Waals surface area contributed by atoms with Crippen molar-refractivity contribution >= 4 is 5.95 Å². The van der Waals surface area contributed by atoms with Crippen LogP contribution in [0.4, 0.5) is 5.95 Å². The molecule has 0 aliphatic carbocycles. The van der Waals surface area contributed by atoms with Gasteiger partial charge in [-0.15, -0.1) is 0 Å². The van der Waals surface area contributed by atoms with E-state index in [1.165, 1.54) is 19.3 Å². The molecule has 130 valence electrons. The molecular formula is C18H22N6O. The monoisotopic (exact) mass is 338 g/mol. The number of hydrogen-bond acceptors (Lipinski definition) is 6. The molecule has 1 unspecified atom stereocenters. The number of nitrogens with zero attached hydrogens (tertiary/aromatic N) is 5. The summed E-state index contributed by atoms with van der Waals surface area (Å²) in [5, 5.41) is 15.4. The second-order valence-electron chi connectivity index (χ2n) is 6.26. The molecule has 0 amide bonds. The highest BCUT2D eigenvalue weighted by Crippen LogP contribution is 2.25. The van der Waals surface area contributed by atoms with Crippen LogP contribution in [0, 0.1) is 0 Å². The molecule has 1 aromatic carbocycles. The Labute approximate surface area is 146 Å². The molecule has 7 heteroatoms. The fourth-order valence-electron chi connectivity index (χ4n) is 3.35. The third-order valence-corrected chi connectivity index (χ3v) is 4.63. The third-order valence-electron chi connectivity index (χ3n) is 4.63. The number of aromatic nitrogens is 4. The number of piperidine rings is 1. The lowest BCUT2D eigenvalue weighted by atomic mass is 10.1. The molecule has 1 atom stereocenters. The van der Waals surface area contributed by atoms with E-state index in [1.54, 1.807) is 10.9 Å². The van der Waals surface area contributed by atoms with Crippen molar-refractivity contribution in [2.75, 3.05) is 25.0 Å². The van der Waals surface area contributed by atoms with Gasteiger partial charge in [0.15, 0.2) is 0 Å². The Kier molecular flexibility index (Phi) is 4.74. The summed E-state index contributed by atoms with van der Waals surface area (Å²) >= 11 is 0. The van der Waals surface area contributed by atoms with Gasteiger partial charge in [0.1, 0.15) is 5.76 Å². The van der Waals surface area contributed by atoms with E-state index in [4.69, 9.17) is 4.42 Å². The number of furan rings is 1. The van der Waals surface area contributed by atoms with E-state index in [9.17, 15) is 0 Å². The minimum atomic E-state index is 0.177. The molecule has 1 fully saturated rings. The molecule has 1 aliphatic heterocycles. The number of hydrogen-bond donors (Lipinski definition) is 1. The molecule has 0 bridgehead atoms.